The molecule has 0 aromatic carbocycles. The van der Waals surface area contributed by atoms with Crippen LogP contribution in [-0.2, 0) is 4.79 Å². The summed E-state index contributed by atoms with van der Waals surface area (Å²) < 4.78 is 0. The van der Waals surface area contributed by atoms with E-state index in [2.05, 4.69) is 26.1 Å². The number of carbonyl (C=O) groups is 1. The van der Waals surface area contributed by atoms with Crippen molar-refractivity contribution in [2.45, 2.75) is 39.7 Å². The summed E-state index contributed by atoms with van der Waals surface area (Å²) in [5, 5.41) is 3.35. The van der Waals surface area contributed by atoms with Crippen LogP contribution in [0.5, 0.6) is 0 Å². The first-order chi connectivity index (χ1) is 6.69. The third-order valence-electron chi connectivity index (χ3n) is 3.02. The third kappa shape index (κ3) is 2.71. The summed E-state index contributed by atoms with van der Waals surface area (Å²) in [4.78, 5) is 14.0. The van der Waals surface area contributed by atoms with E-state index in [1.54, 1.807) is 0 Å². The fourth-order valence-corrected chi connectivity index (χ4v) is 2.03. The maximum absolute atomic E-state index is 12.0. The molecular formula is C11H22N2O. The number of piperazine rings is 1. The quantitative estimate of drug-likeness (QED) is 0.740. The van der Waals surface area contributed by atoms with E-state index in [9.17, 15) is 4.79 Å². The van der Waals surface area contributed by atoms with Gasteiger partial charge in [-0.1, -0.05) is 13.8 Å². The largest absolute Gasteiger partial charge is 0.340 e. The van der Waals surface area contributed by atoms with Crippen molar-refractivity contribution in [2.24, 2.45) is 5.92 Å². The molecule has 0 aromatic rings. The van der Waals surface area contributed by atoms with Crippen molar-refractivity contribution in [2.75, 3.05) is 19.6 Å². The van der Waals surface area contributed by atoms with Crippen LogP contribution in [0.3, 0.4) is 0 Å². The zero-order chi connectivity index (χ0) is 10.6. The smallest absolute Gasteiger partial charge is 0.225 e. The number of rotatable bonds is 3. The minimum atomic E-state index is 0.236. The highest BCUT2D eigenvalue weighted by Gasteiger charge is 2.24. The second-order valence-electron chi connectivity index (χ2n) is 4.15. The van der Waals surface area contributed by atoms with E-state index < -0.39 is 0 Å². The lowest BCUT2D eigenvalue weighted by atomic mass is 10.0. The van der Waals surface area contributed by atoms with Gasteiger partial charge in [0, 0.05) is 31.6 Å². The standard InChI is InChI=1S/C11H22N2O/c1-4-10(5-2)11(14)13-7-6-12-9(3)8-13/h9-10,12H,4-8H2,1-3H3/t9-/m1/s1. The van der Waals surface area contributed by atoms with Gasteiger partial charge in [0.05, 0.1) is 0 Å². The second-order valence-corrected chi connectivity index (χ2v) is 4.15. The molecule has 1 N–H and O–H groups in total. The molecular weight excluding hydrogens is 176 g/mol. The van der Waals surface area contributed by atoms with E-state index in [1.807, 2.05) is 4.90 Å². The van der Waals surface area contributed by atoms with Crippen molar-refractivity contribution in [3.63, 3.8) is 0 Å². The lowest BCUT2D eigenvalue weighted by molar-refractivity contribution is -0.136. The summed E-state index contributed by atoms with van der Waals surface area (Å²) in [7, 11) is 0. The van der Waals surface area contributed by atoms with Gasteiger partial charge >= 0.3 is 0 Å². The second kappa shape index (κ2) is 5.35. The van der Waals surface area contributed by atoms with Crippen LogP contribution in [0.4, 0.5) is 0 Å². The number of amides is 1. The summed E-state index contributed by atoms with van der Waals surface area (Å²) in [6.45, 7) is 9.00. The highest BCUT2D eigenvalue weighted by atomic mass is 16.2. The topological polar surface area (TPSA) is 32.3 Å². The Labute approximate surface area is 86.9 Å². The molecule has 0 aliphatic carbocycles. The Morgan fingerprint density at radius 3 is 2.64 bits per heavy atom. The zero-order valence-corrected chi connectivity index (χ0v) is 9.55. The van der Waals surface area contributed by atoms with E-state index in [1.165, 1.54) is 0 Å². The molecule has 0 saturated carbocycles. The SMILES string of the molecule is CCC(CC)C(=O)N1CCN[C@H](C)C1. The molecule has 1 aliphatic heterocycles. The average Bonchev–Trinajstić information content (AvgIpc) is 2.19. The monoisotopic (exact) mass is 198 g/mol. The van der Waals surface area contributed by atoms with Crippen LogP contribution in [0.15, 0.2) is 0 Å². The van der Waals surface area contributed by atoms with Crippen molar-refractivity contribution in [1.82, 2.24) is 10.2 Å². The normalized spacial score (nSPS) is 22.9. The molecule has 82 valence electrons. The Kier molecular flexibility index (Phi) is 4.39. The molecule has 0 radical (unpaired) electrons. The zero-order valence-electron chi connectivity index (χ0n) is 9.55. The number of nitrogens with one attached hydrogen (secondary N) is 1. The summed E-state index contributed by atoms with van der Waals surface area (Å²) >= 11 is 0. The van der Waals surface area contributed by atoms with Gasteiger partial charge in [-0.3, -0.25) is 4.79 Å². The Morgan fingerprint density at radius 2 is 2.14 bits per heavy atom. The van der Waals surface area contributed by atoms with Crippen LogP contribution >= 0.6 is 0 Å². The van der Waals surface area contributed by atoms with Crippen molar-refractivity contribution >= 4 is 5.91 Å². The van der Waals surface area contributed by atoms with Crippen LogP contribution in [0.1, 0.15) is 33.6 Å². The first-order valence-corrected chi connectivity index (χ1v) is 5.71. The first-order valence-electron chi connectivity index (χ1n) is 5.71. The number of nitrogens with zero attached hydrogens (tertiary/aromatic N) is 1. The van der Waals surface area contributed by atoms with Crippen LogP contribution in [0.2, 0.25) is 0 Å². The maximum atomic E-state index is 12.0. The molecule has 1 saturated heterocycles. The van der Waals surface area contributed by atoms with Crippen LogP contribution in [0, 0.1) is 5.92 Å². The van der Waals surface area contributed by atoms with Gasteiger partial charge in [-0.2, -0.15) is 0 Å². The summed E-state index contributed by atoms with van der Waals surface area (Å²) in [6, 6.07) is 0.446. The van der Waals surface area contributed by atoms with Crippen molar-refractivity contribution in [3.8, 4) is 0 Å². The van der Waals surface area contributed by atoms with Crippen molar-refractivity contribution < 1.29 is 4.79 Å². The summed E-state index contributed by atoms with van der Waals surface area (Å²) in [5.41, 5.74) is 0. The van der Waals surface area contributed by atoms with Gasteiger partial charge in [0.25, 0.3) is 0 Å². The predicted molar refractivity (Wildman–Crippen MR) is 58.1 cm³/mol. The van der Waals surface area contributed by atoms with E-state index in [4.69, 9.17) is 0 Å². The Hall–Kier alpha value is -0.570. The molecule has 1 rings (SSSR count). The molecule has 0 unspecified atom stereocenters. The van der Waals surface area contributed by atoms with E-state index in [0.717, 1.165) is 32.5 Å². The molecule has 0 spiro atoms. The first kappa shape index (κ1) is 11.5. The molecule has 3 nitrogen and oxygen atoms in total. The highest BCUT2D eigenvalue weighted by Crippen LogP contribution is 2.13. The fourth-order valence-electron chi connectivity index (χ4n) is 2.03. The van der Waals surface area contributed by atoms with E-state index in [0.29, 0.717) is 11.9 Å². The van der Waals surface area contributed by atoms with Gasteiger partial charge in [0.2, 0.25) is 5.91 Å². The fraction of sp³-hybridized carbons (Fsp3) is 0.909. The number of hydrogen-bond acceptors (Lipinski definition) is 2. The van der Waals surface area contributed by atoms with Crippen molar-refractivity contribution in [1.29, 1.82) is 0 Å². The summed E-state index contributed by atoms with van der Waals surface area (Å²) in [5.74, 6) is 0.587. The average molecular weight is 198 g/mol. The Balaban J connectivity index is 2.50. The minimum Gasteiger partial charge on any atom is -0.340 e. The molecule has 3 heteroatoms. The van der Waals surface area contributed by atoms with Crippen LogP contribution < -0.4 is 5.32 Å². The Morgan fingerprint density at radius 1 is 1.50 bits per heavy atom. The molecule has 1 atom stereocenters. The highest BCUT2D eigenvalue weighted by molar-refractivity contribution is 5.78. The number of hydrogen-bond donors (Lipinski definition) is 1. The number of carbonyl (C=O) groups excluding carboxylic acids is 1. The predicted octanol–water partition coefficient (Wildman–Crippen LogP) is 1.24. The molecule has 1 heterocycles. The van der Waals surface area contributed by atoms with Gasteiger partial charge in [-0.05, 0) is 19.8 Å². The van der Waals surface area contributed by atoms with E-state index in [-0.39, 0.29) is 5.92 Å². The van der Waals surface area contributed by atoms with Gasteiger partial charge in [0.1, 0.15) is 0 Å². The van der Waals surface area contributed by atoms with Gasteiger partial charge in [0.15, 0.2) is 0 Å². The van der Waals surface area contributed by atoms with Gasteiger partial charge in [-0.15, -0.1) is 0 Å². The van der Waals surface area contributed by atoms with Gasteiger partial charge < -0.3 is 10.2 Å². The molecule has 1 aliphatic rings. The van der Waals surface area contributed by atoms with Crippen molar-refractivity contribution in [3.05, 3.63) is 0 Å². The molecule has 1 fully saturated rings. The van der Waals surface area contributed by atoms with Crippen LogP contribution in [0.25, 0.3) is 0 Å². The molecule has 0 aromatic heterocycles. The third-order valence-corrected chi connectivity index (χ3v) is 3.02. The molecule has 14 heavy (non-hydrogen) atoms. The maximum Gasteiger partial charge on any atom is 0.225 e. The van der Waals surface area contributed by atoms with Gasteiger partial charge in [-0.25, -0.2) is 0 Å². The molecule has 1 amide bonds. The Bertz CT molecular complexity index is 190. The minimum absolute atomic E-state index is 0.236. The lowest BCUT2D eigenvalue weighted by Crippen LogP contribution is -2.52. The van der Waals surface area contributed by atoms with E-state index >= 15 is 0 Å². The van der Waals surface area contributed by atoms with Crippen LogP contribution in [-0.4, -0.2) is 36.5 Å². The summed E-state index contributed by atoms with van der Waals surface area (Å²) in [6.07, 6.45) is 1.93. The lowest BCUT2D eigenvalue weighted by Gasteiger charge is -2.34. The molecule has 0 bridgehead atoms.